The van der Waals surface area contributed by atoms with Gasteiger partial charge in [0.15, 0.2) is 5.82 Å². The summed E-state index contributed by atoms with van der Waals surface area (Å²) in [6.45, 7) is 1.90. The maximum atomic E-state index is 7.65. The van der Waals surface area contributed by atoms with Crippen LogP contribution in [-0.4, -0.2) is 29.2 Å². The maximum absolute atomic E-state index is 7.65. The maximum Gasteiger partial charge on any atom is 0.162 e. The third-order valence-electron chi connectivity index (χ3n) is 3.24. The zero-order valence-electron chi connectivity index (χ0n) is 10.9. The number of amidine groups is 1. The highest BCUT2D eigenvalue weighted by atomic mass is 16.5. The first-order valence-electron chi connectivity index (χ1n) is 6.37. The number of rotatable bonds is 2. The van der Waals surface area contributed by atoms with E-state index >= 15 is 0 Å². The minimum Gasteiger partial charge on any atom is -0.491 e. The minimum absolute atomic E-state index is 0.00616. The van der Waals surface area contributed by atoms with Gasteiger partial charge in [-0.05, 0) is 12.1 Å². The van der Waals surface area contributed by atoms with Crippen LogP contribution in [0.3, 0.4) is 0 Å². The molecule has 0 radical (unpaired) electrons. The topological polar surface area (TPSA) is 88.1 Å². The molecule has 1 aliphatic heterocycles. The lowest BCUT2D eigenvalue weighted by Gasteiger charge is -2.22. The lowest BCUT2D eigenvalue weighted by atomic mass is 10.1. The van der Waals surface area contributed by atoms with Gasteiger partial charge < -0.3 is 15.4 Å². The van der Waals surface area contributed by atoms with Gasteiger partial charge in [-0.25, -0.2) is 0 Å². The van der Waals surface area contributed by atoms with Gasteiger partial charge in [-0.2, -0.15) is 5.10 Å². The summed E-state index contributed by atoms with van der Waals surface area (Å²) in [5, 5.41) is 15.7. The SMILES string of the molecule is N=C(N)c1ccnnc1N1CCOc2ccccc2C1. The molecule has 102 valence electrons. The zero-order valence-corrected chi connectivity index (χ0v) is 10.9. The number of hydrogen-bond donors (Lipinski definition) is 2. The van der Waals surface area contributed by atoms with Crippen molar-refractivity contribution < 1.29 is 4.74 Å². The van der Waals surface area contributed by atoms with E-state index in [4.69, 9.17) is 15.9 Å². The standard InChI is InChI=1S/C14H15N5O/c15-13(16)11-5-6-17-18-14(11)19-7-8-20-12-4-2-1-3-10(12)9-19/h1-6H,7-9H2,(H3,15,16). The van der Waals surface area contributed by atoms with Crippen LogP contribution < -0.4 is 15.4 Å². The number of nitrogens with two attached hydrogens (primary N) is 1. The summed E-state index contributed by atoms with van der Waals surface area (Å²) in [6, 6.07) is 9.63. The Morgan fingerprint density at radius 1 is 1.30 bits per heavy atom. The second kappa shape index (κ2) is 5.16. The van der Waals surface area contributed by atoms with Crippen LogP contribution in [0.2, 0.25) is 0 Å². The third-order valence-corrected chi connectivity index (χ3v) is 3.24. The number of ether oxygens (including phenoxy) is 1. The van der Waals surface area contributed by atoms with Crippen molar-refractivity contribution >= 4 is 11.7 Å². The average Bonchev–Trinajstić information content (AvgIpc) is 2.69. The molecule has 2 heterocycles. The summed E-state index contributed by atoms with van der Waals surface area (Å²) in [6.07, 6.45) is 1.54. The van der Waals surface area contributed by atoms with E-state index in [-0.39, 0.29) is 5.84 Å². The molecule has 2 aromatic rings. The normalized spacial score (nSPS) is 14.1. The highest BCUT2D eigenvalue weighted by Crippen LogP contribution is 2.26. The van der Waals surface area contributed by atoms with Crippen LogP contribution in [0.1, 0.15) is 11.1 Å². The van der Waals surface area contributed by atoms with Crippen molar-refractivity contribution in [1.29, 1.82) is 5.41 Å². The lowest BCUT2D eigenvalue weighted by Crippen LogP contribution is -2.29. The largest absolute Gasteiger partial charge is 0.491 e. The summed E-state index contributed by atoms with van der Waals surface area (Å²) in [7, 11) is 0. The van der Waals surface area contributed by atoms with Crippen LogP contribution in [0, 0.1) is 5.41 Å². The highest BCUT2D eigenvalue weighted by Gasteiger charge is 2.19. The monoisotopic (exact) mass is 269 g/mol. The molecule has 0 fully saturated rings. The fourth-order valence-electron chi connectivity index (χ4n) is 2.27. The Labute approximate surface area is 116 Å². The third kappa shape index (κ3) is 2.27. The van der Waals surface area contributed by atoms with Gasteiger partial charge in [0.25, 0.3) is 0 Å². The molecule has 1 aliphatic rings. The second-order valence-electron chi connectivity index (χ2n) is 4.56. The average molecular weight is 269 g/mol. The Hall–Kier alpha value is -2.63. The molecule has 0 saturated heterocycles. The number of anilines is 1. The number of fused-ring (bicyclic) bond motifs is 1. The summed E-state index contributed by atoms with van der Waals surface area (Å²) >= 11 is 0. The molecule has 0 amide bonds. The molecular formula is C14H15N5O. The van der Waals surface area contributed by atoms with E-state index in [1.807, 2.05) is 29.2 Å². The minimum atomic E-state index is -0.00616. The molecule has 3 rings (SSSR count). The van der Waals surface area contributed by atoms with E-state index in [2.05, 4.69) is 10.2 Å². The van der Waals surface area contributed by atoms with E-state index in [0.29, 0.717) is 31.1 Å². The van der Waals surface area contributed by atoms with E-state index in [0.717, 1.165) is 11.3 Å². The molecule has 6 nitrogen and oxygen atoms in total. The van der Waals surface area contributed by atoms with Crippen LogP contribution in [0.5, 0.6) is 5.75 Å². The lowest BCUT2D eigenvalue weighted by molar-refractivity contribution is 0.331. The van der Waals surface area contributed by atoms with Crippen molar-refractivity contribution in [2.45, 2.75) is 6.54 Å². The van der Waals surface area contributed by atoms with Crippen molar-refractivity contribution in [2.75, 3.05) is 18.1 Å². The quantitative estimate of drug-likeness (QED) is 0.631. The molecule has 0 unspecified atom stereocenters. The second-order valence-corrected chi connectivity index (χ2v) is 4.56. The van der Waals surface area contributed by atoms with E-state index in [1.165, 1.54) is 0 Å². The Kier molecular flexibility index (Phi) is 3.20. The van der Waals surface area contributed by atoms with Crippen molar-refractivity contribution in [3.63, 3.8) is 0 Å². The molecule has 0 bridgehead atoms. The van der Waals surface area contributed by atoms with Gasteiger partial charge in [-0.15, -0.1) is 5.10 Å². The van der Waals surface area contributed by atoms with Crippen LogP contribution in [0.4, 0.5) is 5.82 Å². The van der Waals surface area contributed by atoms with Gasteiger partial charge >= 0.3 is 0 Å². The summed E-state index contributed by atoms with van der Waals surface area (Å²) in [4.78, 5) is 2.04. The predicted octanol–water partition coefficient (Wildman–Crippen LogP) is 1.16. The van der Waals surface area contributed by atoms with E-state index < -0.39 is 0 Å². The first-order chi connectivity index (χ1) is 9.75. The molecular weight excluding hydrogens is 254 g/mol. The van der Waals surface area contributed by atoms with E-state index in [1.54, 1.807) is 12.3 Å². The van der Waals surface area contributed by atoms with Crippen molar-refractivity contribution in [3.05, 3.63) is 47.7 Å². The summed E-state index contributed by atoms with van der Waals surface area (Å²) < 4.78 is 5.73. The Bertz CT molecular complexity index is 643. The number of nitrogens with zero attached hydrogens (tertiary/aromatic N) is 3. The first kappa shape index (κ1) is 12.4. The Morgan fingerprint density at radius 2 is 2.15 bits per heavy atom. The summed E-state index contributed by atoms with van der Waals surface area (Å²) in [5.41, 5.74) is 7.30. The highest BCUT2D eigenvalue weighted by molar-refractivity contribution is 5.99. The predicted molar refractivity (Wildman–Crippen MR) is 76.0 cm³/mol. The van der Waals surface area contributed by atoms with Gasteiger partial charge in [0, 0.05) is 12.1 Å². The van der Waals surface area contributed by atoms with Crippen molar-refractivity contribution in [2.24, 2.45) is 5.73 Å². The van der Waals surface area contributed by atoms with Crippen molar-refractivity contribution in [1.82, 2.24) is 10.2 Å². The molecule has 0 saturated carbocycles. The van der Waals surface area contributed by atoms with Crippen LogP contribution >= 0.6 is 0 Å². The van der Waals surface area contributed by atoms with Gasteiger partial charge in [0.05, 0.1) is 18.3 Å². The van der Waals surface area contributed by atoms with Crippen LogP contribution in [0.15, 0.2) is 36.5 Å². The molecule has 1 aromatic carbocycles. The number of para-hydroxylation sites is 1. The molecule has 0 atom stereocenters. The Morgan fingerprint density at radius 3 is 3.00 bits per heavy atom. The molecule has 6 heteroatoms. The van der Waals surface area contributed by atoms with E-state index in [9.17, 15) is 0 Å². The number of benzene rings is 1. The fraction of sp³-hybridized carbons (Fsp3) is 0.214. The van der Waals surface area contributed by atoms with Crippen LogP contribution in [-0.2, 0) is 6.54 Å². The number of nitrogen functional groups attached to an aromatic ring is 1. The number of hydrogen-bond acceptors (Lipinski definition) is 5. The molecule has 0 spiro atoms. The number of nitrogens with one attached hydrogen (secondary N) is 1. The van der Waals surface area contributed by atoms with Gasteiger partial charge in [0.1, 0.15) is 18.2 Å². The van der Waals surface area contributed by atoms with Gasteiger partial charge in [-0.3, -0.25) is 5.41 Å². The number of aromatic nitrogens is 2. The molecule has 0 aliphatic carbocycles. The smallest absolute Gasteiger partial charge is 0.162 e. The van der Waals surface area contributed by atoms with Crippen molar-refractivity contribution in [3.8, 4) is 5.75 Å². The van der Waals surface area contributed by atoms with Gasteiger partial charge in [0.2, 0.25) is 0 Å². The first-order valence-corrected chi connectivity index (χ1v) is 6.37. The Balaban J connectivity index is 1.98. The summed E-state index contributed by atoms with van der Waals surface area (Å²) in [5.74, 6) is 1.51. The molecule has 1 aromatic heterocycles. The molecule has 20 heavy (non-hydrogen) atoms. The zero-order chi connectivity index (χ0) is 13.9. The molecule has 3 N–H and O–H groups in total. The van der Waals surface area contributed by atoms with Gasteiger partial charge in [-0.1, -0.05) is 18.2 Å². The fourth-order valence-corrected chi connectivity index (χ4v) is 2.27. The van der Waals surface area contributed by atoms with Crippen LogP contribution in [0.25, 0.3) is 0 Å².